The molecule has 0 aliphatic carbocycles. The van der Waals surface area contributed by atoms with Gasteiger partial charge in [-0.25, -0.2) is 9.18 Å². The summed E-state index contributed by atoms with van der Waals surface area (Å²) in [5, 5.41) is 0.450. The van der Waals surface area contributed by atoms with Crippen LogP contribution in [0, 0.1) is 0 Å². The Morgan fingerprint density at radius 1 is 1.19 bits per heavy atom. The number of hydrogen-bond acceptors (Lipinski definition) is 4. The van der Waals surface area contributed by atoms with E-state index in [2.05, 4.69) is 0 Å². The van der Waals surface area contributed by atoms with E-state index < -0.39 is 11.8 Å². The molecule has 8 heteroatoms. The molecule has 31 heavy (non-hydrogen) atoms. The number of benzene rings is 1. The fourth-order valence-corrected chi connectivity index (χ4v) is 4.10. The van der Waals surface area contributed by atoms with E-state index in [4.69, 9.17) is 27.9 Å². The zero-order chi connectivity index (χ0) is 22.8. The van der Waals surface area contributed by atoms with E-state index in [0.717, 1.165) is 5.56 Å². The molecule has 0 unspecified atom stereocenters. The molecule has 0 saturated carbocycles. The molecule has 5 nitrogen and oxygen atoms in total. The monoisotopic (exact) mass is 468 g/mol. The fraction of sp³-hybridized carbons (Fsp3) is 0.478. The zero-order valence-corrected chi connectivity index (χ0v) is 19.5. The summed E-state index contributed by atoms with van der Waals surface area (Å²) in [4.78, 5) is 26.8. The van der Waals surface area contributed by atoms with Crippen LogP contribution in [-0.2, 0) is 24.2 Å². The van der Waals surface area contributed by atoms with Crippen molar-refractivity contribution in [1.82, 2.24) is 9.47 Å². The average molecular weight is 469 g/mol. The van der Waals surface area contributed by atoms with Gasteiger partial charge in [0.05, 0.1) is 16.3 Å². The van der Waals surface area contributed by atoms with Gasteiger partial charge in [-0.3, -0.25) is 9.69 Å². The number of aryl methyl sites for hydroxylation is 1. The molecule has 0 amide bonds. The Balaban J connectivity index is 1.75. The van der Waals surface area contributed by atoms with Crippen LogP contribution in [0.2, 0.25) is 10.0 Å². The smallest absolute Gasteiger partial charge is 0.338 e. The van der Waals surface area contributed by atoms with E-state index >= 15 is 0 Å². The summed E-state index contributed by atoms with van der Waals surface area (Å²) >= 11 is 12.5. The van der Waals surface area contributed by atoms with E-state index in [9.17, 15) is 14.0 Å². The van der Waals surface area contributed by atoms with Gasteiger partial charge in [0.1, 0.15) is 16.8 Å². The normalized spacial score (nSPS) is 17.2. The van der Waals surface area contributed by atoms with Crippen LogP contribution >= 0.6 is 23.2 Å². The van der Waals surface area contributed by atoms with Crippen molar-refractivity contribution in [3.8, 4) is 0 Å². The molecule has 0 radical (unpaired) electrons. The van der Waals surface area contributed by atoms with Gasteiger partial charge in [-0.1, -0.05) is 35.3 Å². The van der Waals surface area contributed by atoms with E-state index in [1.165, 1.54) is 6.07 Å². The Morgan fingerprint density at radius 3 is 2.45 bits per heavy atom. The largest absolute Gasteiger partial charge is 0.456 e. The number of likely N-dealkylation sites (tertiary alicyclic amines) is 1. The first-order chi connectivity index (χ1) is 14.5. The van der Waals surface area contributed by atoms with Gasteiger partial charge < -0.3 is 9.30 Å². The number of pyridine rings is 1. The number of ether oxygens (including phenoxy) is 1. The highest BCUT2D eigenvalue weighted by molar-refractivity contribution is 6.34. The van der Waals surface area contributed by atoms with E-state index in [-0.39, 0.29) is 16.6 Å². The summed E-state index contributed by atoms with van der Waals surface area (Å²) in [5.74, 6) is -0.379. The Bertz CT molecular complexity index is 1000. The Hall–Kier alpha value is -1.89. The standard InChI is InChI=1S/C23H27Cl2FN2O3/c1-23(2,3)31-22(30)16-6-4-15(5-7-16)8-11-28-20(14-27-10-9-17(26)13-27)18(24)12-19(25)21(28)29/h4-7,12,17H,8-11,13-14H2,1-3H3/t17-/m0/s1. The third kappa shape index (κ3) is 6.31. The second-order valence-corrected chi connectivity index (χ2v) is 9.63. The summed E-state index contributed by atoms with van der Waals surface area (Å²) in [5.41, 5.74) is 1.18. The Morgan fingerprint density at radius 2 is 1.87 bits per heavy atom. The van der Waals surface area contributed by atoms with E-state index in [1.807, 2.05) is 37.8 Å². The fourth-order valence-electron chi connectivity index (χ4n) is 3.56. The second-order valence-electron chi connectivity index (χ2n) is 8.81. The van der Waals surface area contributed by atoms with Gasteiger partial charge in [-0.2, -0.15) is 0 Å². The van der Waals surface area contributed by atoms with Gasteiger partial charge in [0.15, 0.2) is 0 Å². The van der Waals surface area contributed by atoms with Crippen molar-refractivity contribution in [2.24, 2.45) is 0 Å². The quantitative estimate of drug-likeness (QED) is 0.565. The topological polar surface area (TPSA) is 51.5 Å². The highest BCUT2D eigenvalue weighted by atomic mass is 35.5. The maximum atomic E-state index is 13.6. The number of carbonyl (C=O) groups is 1. The molecule has 0 spiro atoms. The SMILES string of the molecule is CC(C)(C)OC(=O)c1ccc(CCn2c(CN3CC[C@H](F)C3)c(Cl)cc(Cl)c2=O)cc1. The summed E-state index contributed by atoms with van der Waals surface area (Å²) in [6.45, 7) is 7.18. The lowest BCUT2D eigenvalue weighted by Crippen LogP contribution is -2.30. The second kappa shape index (κ2) is 9.72. The molecule has 0 bridgehead atoms. The third-order valence-electron chi connectivity index (χ3n) is 5.11. The van der Waals surface area contributed by atoms with Crippen LogP contribution in [0.4, 0.5) is 4.39 Å². The van der Waals surface area contributed by atoms with Gasteiger partial charge >= 0.3 is 5.97 Å². The van der Waals surface area contributed by atoms with Crippen molar-refractivity contribution in [2.75, 3.05) is 13.1 Å². The number of hydrogen-bond donors (Lipinski definition) is 0. The molecular weight excluding hydrogens is 442 g/mol. The van der Waals surface area contributed by atoms with Crippen molar-refractivity contribution in [2.45, 2.75) is 58.5 Å². The number of aromatic nitrogens is 1. The minimum atomic E-state index is -0.852. The molecule has 2 aromatic rings. The minimum Gasteiger partial charge on any atom is -0.456 e. The molecule has 0 N–H and O–H groups in total. The zero-order valence-electron chi connectivity index (χ0n) is 18.0. The van der Waals surface area contributed by atoms with Gasteiger partial charge in [0.2, 0.25) is 0 Å². The van der Waals surface area contributed by atoms with Crippen molar-refractivity contribution in [3.05, 3.63) is 67.6 Å². The molecule has 1 atom stereocenters. The molecule has 2 heterocycles. The van der Waals surface area contributed by atoms with E-state index in [1.54, 1.807) is 16.7 Å². The maximum Gasteiger partial charge on any atom is 0.338 e. The molecule has 1 aromatic carbocycles. The predicted octanol–water partition coefficient (Wildman–Crippen LogP) is 4.90. The summed E-state index contributed by atoms with van der Waals surface area (Å²) < 4.78 is 20.5. The molecule has 1 fully saturated rings. The maximum absolute atomic E-state index is 13.6. The lowest BCUT2D eigenvalue weighted by atomic mass is 10.1. The van der Waals surface area contributed by atoms with Crippen molar-refractivity contribution in [1.29, 1.82) is 0 Å². The molecule has 168 valence electrons. The molecule has 1 aliphatic rings. The molecule has 3 rings (SSSR count). The van der Waals surface area contributed by atoms with Gasteiger partial charge in [0, 0.05) is 26.2 Å². The number of nitrogens with zero attached hydrogens (tertiary/aromatic N) is 2. The number of alkyl halides is 1. The minimum absolute atomic E-state index is 0.0545. The third-order valence-corrected chi connectivity index (χ3v) is 5.70. The number of carbonyl (C=O) groups excluding carboxylic acids is 1. The molecule has 1 saturated heterocycles. The molecule has 1 aliphatic heterocycles. The molecular formula is C23H27Cl2FN2O3. The van der Waals surface area contributed by atoms with Crippen LogP contribution in [0.15, 0.2) is 35.1 Å². The summed E-state index contributed by atoms with van der Waals surface area (Å²) in [6, 6.07) is 8.55. The van der Waals surface area contributed by atoms with Gasteiger partial charge in [-0.05, 0) is 57.4 Å². The van der Waals surface area contributed by atoms with Gasteiger partial charge in [0.25, 0.3) is 5.56 Å². The lowest BCUT2D eigenvalue weighted by Gasteiger charge is -2.21. The average Bonchev–Trinajstić information content (AvgIpc) is 3.09. The first-order valence-corrected chi connectivity index (χ1v) is 11.1. The van der Waals surface area contributed by atoms with E-state index in [0.29, 0.717) is 55.3 Å². The van der Waals surface area contributed by atoms with Crippen LogP contribution in [0.5, 0.6) is 0 Å². The Labute approximate surface area is 191 Å². The van der Waals surface area contributed by atoms with Crippen molar-refractivity contribution < 1.29 is 13.9 Å². The summed E-state index contributed by atoms with van der Waals surface area (Å²) in [7, 11) is 0. The Kier molecular flexibility index (Phi) is 7.45. The van der Waals surface area contributed by atoms with Crippen LogP contribution in [0.3, 0.4) is 0 Å². The number of halogens is 3. The number of rotatable bonds is 6. The molecule has 1 aromatic heterocycles. The first kappa shape index (κ1) is 23.8. The predicted molar refractivity (Wildman–Crippen MR) is 121 cm³/mol. The highest BCUT2D eigenvalue weighted by Crippen LogP contribution is 2.23. The van der Waals surface area contributed by atoms with Crippen LogP contribution in [-0.4, -0.2) is 40.3 Å². The van der Waals surface area contributed by atoms with Crippen molar-refractivity contribution >= 4 is 29.2 Å². The van der Waals surface area contributed by atoms with Crippen LogP contribution in [0.1, 0.15) is 48.8 Å². The van der Waals surface area contributed by atoms with Gasteiger partial charge in [-0.15, -0.1) is 0 Å². The first-order valence-electron chi connectivity index (χ1n) is 10.3. The van der Waals surface area contributed by atoms with Crippen LogP contribution < -0.4 is 5.56 Å². The van der Waals surface area contributed by atoms with Crippen LogP contribution in [0.25, 0.3) is 0 Å². The lowest BCUT2D eigenvalue weighted by molar-refractivity contribution is 0.00695. The highest BCUT2D eigenvalue weighted by Gasteiger charge is 2.24. The summed E-state index contributed by atoms with van der Waals surface area (Å²) in [6.07, 6.45) is 0.179. The van der Waals surface area contributed by atoms with Crippen molar-refractivity contribution in [3.63, 3.8) is 0 Å². The number of esters is 1.